The summed E-state index contributed by atoms with van der Waals surface area (Å²) < 4.78 is 112. The minimum absolute atomic E-state index is 0.114. The highest BCUT2D eigenvalue weighted by Gasteiger charge is 2.81. The highest BCUT2D eigenvalue weighted by atomic mass is 19.4. The predicted octanol–water partition coefficient (Wildman–Crippen LogP) is 5.59. The summed E-state index contributed by atoms with van der Waals surface area (Å²) in [6.45, 7) is 1.77. The molecule has 20 heavy (non-hydrogen) atoms. The van der Waals surface area contributed by atoms with E-state index in [4.69, 9.17) is 0 Å². The molecule has 0 saturated heterocycles. The van der Waals surface area contributed by atoms with E-state index in [0.29, 0.717) is 25.3 Å². The summed E-state index contributed by atoms with van der Waals surface area (Å²) in [5.74, 6) is -19.0. The minimum Gasteiger partial charge on any atom is -0.195 e. The molecule has 0 radical (unpaired) electrons. The predicted molar refractivity (Wildman–Crippen MR) is 54.2 cm³/mol. The lowest BCUT2D eigenvalue weighted by Crippen LogP contribution is -2.60. The molecule has 9 heteroatoms. The molecule has 0 aliphatic carbocycles. The van der Waals surface area contributed by atoms with Gasteiger partial charge < -0.3 is 0 Å². The van der Waals surface area contributed by atoms with Gasteiger partial charge in [-0.25, -0.2) is 0 Å². The van der Waals surface area contributed by atoms with E-state index in [-0.39, 0.29) is 6.42 Å². The molecule has 0 aromatic heterocycles. The van der Waals surface area contributed by atoms with Gasteiger partial charge >= 0.3 is 23.9 Å². The Balaban J connectivity index is 5.07. The number of unbranched alkanes of at least 4 members (excludes halogenated alkanes) is 3. The zero-order valence-electron chi connectivity index (χ0n) is 10.4. The molecule has 0 N–H and O–H groups in total. The molecule has 0 heterocycles. The van der Waals surface area contributed by atoms with Gasteiger partial charge in [0.05, 0.1) is 0 Å². The fourth-order valence-electron chi connectivity index (χ4n) is 1.24. The lowest BCUT2D eigenvalue weighted by Gasteiger charge is -2.32. The van der Waals surface area contributed by atoms with E-state index >= 15 is 0 Å². The van der Waals surface area contributed by atoms with E-state index in [1.807, 2.05) is 0 Å². The van der Waals surface area contributed by atoms with E-state index in [0.717, 1.165) is 0 Å². The van der Waals surface area contributed by atoms with Crippen LogP contribution in [0.15, 0.2) is 12.2 Å². The number of hydrogen-bond donors (Lipinski definition) is 0. The van der Waals surface area contributed by atoms with Gasteiger partial charge in [-0.3, -0.25) is 0 Å². The smallest absolute Gasteiger partial charge is 0.195 e. The first kappa shape index (κ1) is 19.1. The lowest BCUT2D eigenvalue weighted by atomic mass is 10.0. The van der Waals surface area contributed by atoms with Crippen LogP contribution in [0.2, 0.25) is 0 Å². The molecule has 0 aromatic rings. The average Bonchev–Trinajstić information content (AvgIpc) is 2.26. The zero-order chi connectivity index (χ0) is 16.2. The molecule has 0 spiro atoms. The molecule has 0 unspecified atom stereocenters. The van der Waals surface area contributed by atoms with Gasteiger partial charge in [0.25, 0.3) is 0 Å². The number of alkyl halides is 9. The molecule has 0 nitrogen and oxygen atoms in total. The summed E-state index contributed by atoms with van der Waals surface area (Å²) in [5.41, 5.74) is 0. The molecular formula is C11H13F9. The van der Waals surface area contributed by atoms with Crippen LogP contribution >= 0.6 is 0 Å². The second kappa shape index (κ2) is 6.26. The quantitative estimate of drug-likeness (QED) is 0.326. The number of rotatable bonds is 7. The minimum atomic E-state index is -6.82. The van der Waals surface area contributed by atoms with Gasteiger partial charge in [0.2, 0.25) is 0 Å². The highest BCUT2D eigenvalue weighted by Crippen LogP contribution is 2.53. The summed E-state index contributed by atoms with van der Waals surface area (Å²) in [6, 6.07) is 0. The Bertz CT molecular complexity index is 327. The molecule has 0 rings (SSSR count). The summed E-state index contributed by atoms with van der Waals surface area (Å²) >= 11 is 0. The van der Waals surface area contributed by atoms with Gasteiger partial charge in [-0.1, -0.05) is 25.8 Å². The fraction of sp³-hybridized carbons (Fsp3) is 0.818. The van der Waals surface area contributed by atoms with Crippen LogP contribution in [-0.2, 0) is 0 Å². The van der Waals surface area contributed by atoms with Crippen molar-refractivity contribution in [2.45, 2.75) is 56.6 Å². The fourth-order valence-corrected chi connectivity index (χ4v) is 1.24. The summed E-state index contributed by atoms with van der Waals surface area (Å²) in [5, 5.41) is 0. The van der Waals surface area contributed by atoms with Crippen molar-refractivity contribution in [3.8, 4) is 0 Å². The number of halogens is 9. The van der Waals surface area contributed by atoms with Gasteiger partial charge in [-0.15, -0.1) is 0 Å². The van der Waals surface area contributed by atoms with Crippen LogP contribution in [0.25, 0.3) is 0 Å². The van der Waals surface area contributed by atoms with Crippen LogP contribution in [0.3, 0.4) is 0 Å². The van der Waals surface area contributed by atoms with Crippen molar-refractivity contribution in [2.24, 2.45) is 0 Å². The lowest BCUT2D eigenvalue weighted by molar-refractivity contribution is -0.388. The summed E-state index contributed by atoms with van der Waals surface area (Å²) in [4.78, 5) is 0. The van der Waals surface area contributed by atoms with Crippen LogP contribution in [-0.4, -0.2) is 23.9 Å². The molecule has 0 atom stereocenters. The van der Waals surface area contributed by atoms with Crippen LogP contribution in [0, 0.1) is 0 Å². The first-order valence-electron chi connectivity index (χ1n) is 5.69. The zero-order valence-corrected chi connectivity index (χ0v) is 10.4. The van der Waals surface area contributed by atoms with Gasteiger partial charge in [0.15, 0.2) is 0 Å². The molecule has 0 saturated carbocycles. The topological polar surface area (TPSA) is 0 Å². The van der Waals surface area contributed by atoms with Gasteiger partial charge in [-0.2, -0.15) is 39.5 Å². The molecular weight excluding hydrogens is 303 g/mol. The van der Waals surface area contributed by atoms with Crippen LogP contribution in [0.1, 0.15) is 32.6 Å². The molecule has 0 aromatic carbocycles. The monoisotopic (exact) mass is 316 g/mol. The van der Waals surface area contributed by atoms with Gasteiger partial charge in [0.1, 0.15) is 0 Å². The number of hydrogen-bond acceptors (Lipinski definition) is 0. The third-order valence-electron chi connectivity index (χ3n) is 2.47. The van der Waals surface area contributed by atoms with Crippen molar-refractivity contribution in [3.05, 3.63) is 12.2 Å². The number of allylic oxidation sites excluding steroid dienone is 2. The highest BCUT2D eigenvalue weighted by molar-refractivity contribution is 5.10. The van der Waals surface area contributed by atoms with Gasteiger partial charge in [0, 0.05) is 0 Å². The Labute approximate surface area is 109 Å². The molecule has 0 amide bonds. The molecule has 0 bridgehead atoms. The average molecular weight is 316 g/mol. The van der Waals surface area contributed by atoms with E-state index < -0.39 is 30.0 Å². The van der Waals surface area contributed by atoms with Crippen molar-refractivity contribution >= 4 is 0 Å². The van der Waals surface area contributed by atoms with Crippen molar-refractivity contribution in [1.82, 2.24) is 0 Å². The Morgan fingerprint density at radius 1 is 0.750 bits per heavy atom. The van der Waals surface area contributed by atoms with Crippen LogP contribution in [0.4, 0.5) is 39.5 Å². The van der Waals surface area contributed by atoms with E-state index in [1.165, 1.54) is 0 Å². The molecule has 120 valence electrons. The van der Waals surface area contributed by atoms with E-state index in [9.17, 15) is 39.5 Å². The van der Waals surface area contributed by atoms with E-state index in [1.54, 1.807) is 6.92 Å². The Morgan fingerprint density at radius 2 is 1.25 bits per heavy atom. The van der Waals surface area contributed by atoms with Crippen LogP contribution < -0.4 is 0 Å². The van der Waals surface area contributed by atoms with E-state index in [2.05, 4.69) is 0 Å². The maximum absolute atomic E-state index is 12.9. The second-order valence-electron chi connectivity index (χ2n) is 4.17. The van der Waals surface area contributed by atoms with Crippen molar-refractivity contribution < 1.29 is 39.5 Å². The normalized spacial score (nSPS) is 15.1. The van der Waals surface area contributed by atoms with Crippen molar-refractivity contribution in [2.75, 3.05) is 0 Å². The Kier molecular flexibility index (Phi) is 5.98. The Hall–Kier alpha value is -0.890. The summed E-state index contributed by atoms with van der Waals surface area (Å²) in [6.07, 6.45) is -5.37. The molecule has 0 aliphatic heterocycles. The van der Waals surface area contributed by atoms with Crippen molar-refractivity contribution in [3.63, 3.8) is 0 Å². The molecule has 0 fully saturated rings. The van der Waals surface area contributed by atoms with Gasteiger partial charge in [-0.05, 0) is 18.9 Å². The largest absolute Gasteiger partial charge is 0.460 e. The second-order valence-corrected chi connectivity index (χ2v) is 4.17. The third kappa shape index (κ3) is 3.82. The first-order valence-corrected chi connectivity index (χ1v) is 5.69. The summed E-state index contributed by atoms with van der Waals surface area (Å²) in [7, 11) is 0. The van der Waals surface area contributed by atoms with Crippen molar-refractivity contribution in [1.29, 1.82) is 0 Å². The van der Waals surface area contributed by atoms with Crippen LogP contribution in [0.5, 0.6) is 0 Å². The maximum Gasteiger partial charge on any atom is 0.460 e. The Morgan fingerprint density at radius 3 is 1.65 bits per heavy atom. The maximum atomic E-state index is 12.9. The molecule has 0 aliphatic rings. The first-order chi connectivity index (χ1) is 8.81. The standard InChI is InChI=1S/C11H13F9/c1-2-3-4-5-6-7-8(12,13)9(14,15)10(16,17)11(18,19)20/h6-7H,2-5H2,1H3. The SMILES string of the molecule is CCCCCC=CC(F)(F)C(F)(F)C(F)(F)C(F)(F)F. The third-order valence-corrected chi connectivity index (χ3v) is 2.47.